The number of anilines is 1. The topological polar surface area (TPSA) is 70.2 Å². The number of amides is 1. The molecule has 172 valence electrons. The van der Waals surface area contributed by atoms with Crippen LogP contribution in [0.5, 0.6) is 5.75 Å². The van der Waals surface area contributed by atoms with E-state index in [0.717, 1.165) is 25.9 Å². The SMILES string of the molecule is COc1ccc(S(=O)(=O)N2CCCC2)cc1C(=O)N1CCN(c2cccc(C)c2C)CC1. The summed E-state index contributed by atoms with van der Waals surface area (Å²) in [6.07, 6.45) is 1.73. The average Bonchev–Trinajstić information content (AvgIpc) is 3.36. The van der Waals surface area contributed by atoms with E-state index in [9.17, 15) is 13.2 Å². The highest BCUT2D eigenvalue weighted by Crippen LogP contribution is 2.29. The Balaban J connectivity index is 1.53. The Labute approximate surface area is 190 Å². The number of aryl methyl sites for hydroxylation is 1. The highest BCUT2D eigenvalue weighted by molar-refractivity contribution is 7.89. The summed E-state index contributed by atoms with van der Waals surface area (Å²) in [5.41, 5.74) is 4.01. The van der Waals surface area contributed by atoms with Crippen molar-refractivity contribution in [1.82, 2.24) is 9.21 Å². The van der Waals surface area contributed by atoms with E-state index in [1.165, 1.54) is 40.4 Å². The number of carbonyl (C=O) groups excluding carboxylic acids is 1. The Bertz CT molecular complexity index is 1100. The zero-order valence-corrected chi connectivity index (χ0v) is 19.8. The van der Waals surface area contributed by atoms with Crippen molar-refractivity contribution in [3.05, 3.63) is 53.1 Å². The molecule has 2 aliphatic rings. The van der Waals surface area contributed by atoms with Gasteiger partial charge in [0.1, 0.15) is 5.75 Å². The summed E-state index contributed by atoms with van der Waals surface area (Å²) in [6.45, 7) is 7.87. The van der Waals surface area contributed by atoms with E-state index in [1.807, 2.05) is 0 Å². The summed E-state index contributed by atoms with van der Waals surface area (Å²) in [6, 6.07) is 10.9. The predicted octanol–water partition coefficient (Wildman–Crippen LogP) is 3.06. The van der Waals surface area contributed by atoms with Crippen molar-refractivity contribution >= 4 is 21.6 Å². The molecule has 2 heterocycles. The van der Waals surface area contributed by atoms with E-state index in [0.29, 0.717) is 37.5 Å². The lowest BCUT2D eigenvalue weighted by atomic mass is 10.1. The molecular weight excluding hydrogens is 426 g/mol. The van der Waals surface area contributed by atoms with Crippen molar-refractivity contribution < 1.29 is 17.9 Å². The smallest absolute Gasteiger partial charge is 0.257 e. The largest absolute Gasteiger partial charge is 0.496 e. The fourth-order valence-corrected chi connectivity index (χ4v) is 6.04. The Morgan fingerprint density at radius 3 is 2.28 bits per heavy atom. The van der Waals surface area contributed by atoms with Crippen LogP contribution < -0.4 is 9.64 Å². The number of sulfonamides is 1. The average molecular weight is 458 g/mol. The number of hydrogen-bond acceptors (Lipinski definition) is 5. The molecule has 0 atom stereocenters. The molecule has 2 fully saturated rings. The lowest BCUT2D eigenvalue weighted by Crippen LogP contribution is -2.49. The third-order valence-electron chi connectivity index (χ3n) is 6.59. The van der Waals surface area contributed by atoms with Crippen LogP contribution in [0.3, 0.4) is 0 Å². The molecule has 7 nitrogen and oxygen atoms in total. The van der Waals surface area contributed by atoms with Crippen LogP contribution in [-0.4, -0.2) is 69.9 Å². The summed E-state index contributed by atoms with van der Waals surface area (Å²) in [5.74, 6) is 0.202. The molecule has 4 rings (SSSR count). The van der Waals surface area contributed by atoms with Crippen LogP contribution in [0.1, 0.15) is 34.3 Å². The molecule has 2 aromatic rings. The molecule has 0 aliphatic carbocycles. The molecule has 2 aliphatic heterocycles. The van der Waals surface area contributed by atoms with E-state index in [-0.39, 0.29) is 10.8 Å². The van der Waals surface area contributed by atoms with Crippen molar-refractivity contribution in [3.63, 3.8) is 0 Å². The first-order valence-corrected chi connectivity index (χ1v) is 12.6. The maximum atomic E-state index is 13.4. The van der Waals surface area contributed by atoms with Crippen LogP contribution >= 0.6 is 0 Å². The van der Waals surface area contributed by atoms with Gasteiger partial charge in [-0.2, -0.15) is 4.31 Å². The van der Waals surface area contributed by atoms with Gasteiger partial charge >= 0.3 is 0 Å². The maximum absolute atomic E-state index is 13.4. The number of nitrogens with zero attached hydrogens (tertiary/aromatic N) is 3. The molecule has 0 radical (unpaired) electrons. The van der Waals surface area contributed by atoms with Crippen molar-refractivity contribution in [2.75, 3.05) is 51.3 Å². The van der Waals surface area contributed by atoms with E-state index < -0.39 is 10.0 Å². The van der Waals surface area contributed by atoms with E-state index in [2.05, 4.69) is 36.9 Å². The van der Waals surface area contributed by atoms with Gasteiger partial charge in [-0.05, 0) is 62.1 Å². The maximum Gasteiger partial charge on any atom is 0.257 e. The van der Waals surface area contributed by atoms with Gasteiger partial charge in [-0.25, -0.2) is 8.42 Å². The van der Waals surface area contributed by atoms with E-state index >= 15 is 0 Å². The summed E-state index contributed by atoms with van der Waals surface area (Å²) in [7, 11) is -2.11. The number of carbonyl (C=O) groups is 1. The fraction of sp³-hybridized carbons (Fsp3) is 0.458. The van der Waals surface area contributed by atoms with Crippen LogP contribution in [0, 0.1) is 13.8 Å². The van der Waals surface area contributed by atoms with Gasteiger partial charge in [-0.3, -0.25) is 4.79 Å². The Morgan fingerprint density at radius 2 is 1.62 bits per heavy atom. The van der Waals surface area contributed by atoms with Gasteiger partial charge < -0.3 is 14.5 Å². The Kier molecular flexibility index (Phi) is 6.44. The molecule has 2 saturated heterocycles. The zero-order valence-electron chi connectivity index (χ0n) is 19.0. The molecule has 0 N–H and O–H groups in total. The van der Waals surface area contributed by atoms with Crippen LogP contribution in [0.25, 0.3) is 0 Å². The van der Waals surface area contributed by atoms with Gasteiger partial charge in [0.15, 0.2) is 0 Å². The zero-order chi connectivity index (χ0) is 22.9. The van der Waals surface area contributed by atoms with Crippen LogP contribution in [0.2, 0.25) is 0 Å². The lowest BCUT2D eigenvalue weighted by Gasteiger charge is -2.37. The van der Waals surface area contributed by atoms with Crippen molar-refractivity contribution in [2.45, 2.75) is 31.6 Å². The molecule has 0 saturated carbocycles. The molecule has 8 heteroatoms. The summed E-state index contributed by atoms with van der Waals surface area (Å²) >= 11 is 0. The third-order valence-corrected chi connectivity index (χ3v) is 8.48. The van der Waals surface area contributed by atoms with Crippen LogP contribution in [0.4, 0.5) is 5.69 Å². The Morgan fingerprint density at radius 1 is 0.938 bits per heavy atom. The highest BCUT2D eigenvalue weighted by atomic mass is 32.2. The summed E-state index contributed by atoms with van der Waals surface area (Å²) < 4.78 is 32.9. The van der Waals surface area contributed by atoms with Crippen molar-refractivity contribution in [1.29, 1.82) is 0 Å². The lowest BCUT2D eigenvalue weighted by molar-refractivity contribution is 0.0743. The minimum absolute atomic E-state index is 0.151. The number of rotatable bonds is 5. The Hall–Kier alpha value is -2.58. The molecule has 0 spiro atoms. The second-order valence-electron chi connectivity index (χ2n) is 8.47. The number of piperazine rings is 1. The van der Waals surface area contributed by atoms with E-state index in [4.69, 9.17) is 4.74 Å². The van der Waals surface area contributed by atoms with Gasteiger partial charge in [0.05, 0.1) is 17.6 Å². The first-order chi connectivity index (χ1) is 15.3. The second kappa shape index (κ2) is 9.11. The molecule has 0 bridgehead atoms. The molecular formula is C24H31N3O4S. The van der Waals surface area contributed by atoms with Crippen LogP contribution in [-0.2, 0) is 10.0 Å². The quantitative estimate of drug-likeness (QED) is 0.690. The number of benzene rings is 2. The minimum Gasteiger partial charge on any atom is -0.496 e. The number of ether oxygens (including phenoxy) is 1. The monoisotopic (exact) mass is 457 g/mol. The minimum atomic E-state index is -3.61. The molecule has 0 aromatic heterocycles. The van der Waals surface area contributed by atoms with Gasteiger partial charge in [0.2, 0.25) is 10.0 Å². The van der Waals surface area contributed by atoms with Gasteiger partial charge in [0.25, 0.3) is 5.91 Å². The molecule has 2 aromatic carbocycles. The second-order valence-corrected chi connectivity index (χ2v) is 10.4. The first kappa shape index (κ1) is 22.6. The normalized spacial score (nSPS) is 17.6. The van der Waals surface area contributed by atoms with Crippen LogP contribution in [0.15, 0.2) is 41.3 Å². The first-order valence-electron chi connectivity index (χ1n) is 11.1. The fourth-order valence-electron chi connectivity index (χ4n) is 4.49. The predicted molar refractivity (Wildman–Crippen MR) is 125 cm³/mol. The summed E-state index contributed by atoms with van der Waals surface area (Å²) in [5, 5.41) is 0. The third kappa shape index (κ3) is 4.21. The van der Waals surface area contributed by atoms with Crippen molar-refractivity contribution in [2.24, 2.45) is 0 Å². The molecule has 0 unspecified atom stereocenters. The van der Waals surface area contributed by atoms with Gasteiger partial charge in [0, 0.05) is 45.0 Å². The van der Waals surface area contributed by atoms with Gasteiger partial charge in [-0.15, -0.1) is 0 Å². The molecule has 1 amide bonds. The standard InChI is InChI=1S/C24H31N3O4S/c1-18-7-6-8-22(19(18)2)25-13-15-26(16-14-25)24(28)21-17-20(9-10-23(21)31-3)32(29,30)27-11-4-5-12-27/h6-10,17H,4-5,11-16H2,1-3H3. The van der Waals surface area contributed by atoms with Gasteiger partial charge in [-0.1, -0.05) is 12.1 Å². The van der Waals surface area contributed by atoms with Crippen molar-refractivity contribution in [3.8, 4) is 5.75 Å². The summed E-state index contributed by atoms with van der Waals surface area (Å²) in [4.78, 5) is 17.6. The number of hydrogen-bond donors (Lipinski definition) is 0. The molecule has 32 heavy (non-hydrogen) atoms. The number of methoxy groups -OCH3 is 1. The van der Waals surface area contributed by atoms with E-state index in [1.54, 1.807) is 11.0 Å². The highest BCUT2D eigenvalue weighted by Gasteiger charge is 2.30.